The SMILES string of the molecule is COC(=O)N[C@@H]1CC[C@H]2[C@@H]3CC[C@H]4C[C@@H](O)CC[C@]4(C)[C@H]3CC[C@]12C. The molecule has 4 fully saturated rings. The molecule has 0 aromatic heterocycles. The van der Waals surface area contributed by atoms with Gasteiger partial charge in [0.1, 0.15) is 0 Å². The third-order valence-corrected chi connectivity index (χ3v) is 9.12. The summed E-state index contributed by atoms with van der Waals surface area (Å²) in [6.07, 6.45) is 10.3. The molecule has 4 saturated carbocycles. The number of aliphatic hydroxyl groups excluding tert-OH is 1. The van der Waals surface area contributed by atoms with Gasteiger partial charge in [-0.2, -0.15) is 0 Å². The van der Waals surface area contributed by atoms with Gasteiger partial charge in [0.15, 0.2) is 0 Å². The van der Waals surface area contributed by atoms with Gasteiger partial charge < -0.3 is 15.2 Å². The summed E-state index contributed by atoms with van der Waals surface area (Å²) in [5.74, 6) is 3.07. The summed E-state index contributed by atoms with van der Waals surface area (Å²) in [5, 5.41) is 13.3. The van der Waals surface area contributed by atoms with Crippen LogP contribution in [0.2, 0.25) is 0 Å². The second-order valence-electron chi connectivity index (χ2n) is 9.90. The lowest BCUT2D eigenvalue weighted by molar-refractivity contribution is -0.123. The van der Waals surface area contributed by atoms with E-state index in [1.165, 1.54) is 45.6 Å². The number of hydrogen-bond donors (Lipinski definition) is 2. The first-order valence-corrected chi connectivity index (χ1v) is 10.4. The van der Waals surface area contributed by atoms with E-state index in [2.05, 4.69) is 19.2 Å². The summed E-state index contributed by atoms with van der Waals surface area (Å²) in [6.45, 7) is 4.95. The van der Waals surface area contributed by atoms with Crippen LogP contribution in [0, 0.1) is 34.5 Å². The number of methoxy groups -OCH3 is 1. The van der Waals surface area contributed by atoms with E-state index in [9.17, 15) is 9.90 Å². The largest absolute Gasteiger partial charge is 0.453 e. The molecule has 0 heterocycles. The second-order valence-corrected chi connectivity index (χ2v) is 9.90. The Bertz CT molecular complexity index is 537. The van der Waals surface area contributed by atoms with Crippen LogP contribution in [-0.4, -0.2) is 30.5 Å². The predicted octanol–water partition coefficient (Wildman–Crippen LogP) is 4.11. The molecule has 2 N–H and O–H groups in total. The number of carbonyl (C=O) groups excluding carboxylic acids is 1. The number of hydrogen-bond acceptors (Lipinski definition) is 3. The van der Waals surface area contributed by atoms with Crippen molar-refractivity contribution in [2.45, 2.75) is 83.8 Å². The number of fused-ring (bicyclic) bond motifs is 5. The summed E-state index contributed by atoms with van der Waals surface area (Å²) in [6, 6.07) is 0.268. The topological polar surface area (TPSA) is 58.6 Å². The van der Waals surface area contributed by atoms with Crippen molar-refractivity contribution in [3.63, 3.8) is 0 Å². The highest BCUT2D eigenvalue weighted by Crippen LogP contribution is 2.66. The number of carbonyl (C=O) groups is 1. The van der Waals surface area contributed by atoms with E-state index in [-0.39, 0.29) is 23.7 Å². The molecular weight excluding hydrogens is 314 g/mol. The molecule has 0 bridgehead atoms. The van der Waals surface area contributed by atoms with Gasteiger partial charge in [-0.15, -0.1) is 0 Å². The quantitative estimate of drug-likeness (QED) is 0.749. The third kappa shape index (κ3) is 2.62. The van der Waals surface area contributed by atoms with E-state index in [0.29, 0.717) is 11.3 Å². The van der Waals surface area contributed by atoms with Crippen LogP contribution in [0.4, 0.5) is 4.79 Å². The van der Waals surface area contributed by atoms with Gasteiger partial charge >= 0.3 is 6.09 Å². The van der Waals surface area contributed by atoms with Crippen molar-refractivity contribution < 1.29 is 14.6 Å². The first-order chi connectivity index (χ1) is 11.9. The predicted molar refractivity (Wildman–Crippen MR) is 97.1 cm³/mol. The first kappa shape index (κ1) is 17.6. The Kier molecular flexibility index (Phi) is 4.33. The van der Waals surface area contributed by atoms with Crippen LogP contribution in [0.3, 0.4) is 0 Å². The Morgan fingerprint density at radius 2 is 1.72 bits per heavy atom. The molecule has 4 aliphatic carbocycles. The first-order valence-electron chi connectivity index (χ1n) is 10.4. The molecule has 0 unspecified atom stereocenters. The number of nitrogens with one attached hydrogen (secondary N) is 1. The normalized spacial score (nSPS) is 51.8. The Balaban J connectivity index is 1.55. The molecule has 8 atom stereocenters. The van der Waals surface area contributed by atoms with E-state index < -0.39 is 0 Å². The van der Waals surface area contributed by atoms with Gasteiger partial charge in [-0.25, -0.2) is 4.79 Å². The van der Waals surface area contributed by atoms with Gasteiger partial charge in [0, 0.05) is 6.04 Å². The fourth-order valence-corrected chi connectivity index (χ4v) is 7.67. The fourth-order valence-electron chi connectivity index (χ4n) is 7.67. The second kappa shape index (κ2) is 6.14. The van der Waals surface area contributed by atoms with Crippen molar-refractivity contribution >= 4 is 6.09 Å². The highest BCUT2D eigenvalue weighted by molar-refractivity contribution is 5.67. The van der Waals surface area contributed by atoms with Gasteiger partial charge in [0.2, 0.25) is 0 Å². The molecule has 4 heteroatoms. The molecule has 0 radical (unpaired) electrons. The number of aliphatic hydroxyl groups is 1. The molecule has 25 heavy (non-hydrogen) atoms. The maximum Gasteiger partial charge on any atom is 0.407 e. The number of ether oxygens (including phenoxy) is 1. The number of alkyl carbamates (subject to hydrolysis) is 1. The molecule has 4 rings (SSSR count). The highest BCUT2D eigenvalue weighted by Gasteiger charge is 2.60. The number of amides is 1. The minimum Gasteiger partial charge on any atom is -0.453 e. The molecule has 4 nitrogen and oxygen atoms in total. The Morgan fingerprint density at radius 3 is 2.48 bits per heavy atom. The van der Waals surface area contributed by atoms with Crippen molar-refractivity contribution in [3.8, 4) is 0 Å². The van der Waals surface area contributed by atoms with E-state index in [0.717, 1.165) is 37.0 Å². The maximum atomic E-state index is 11.8. The van der Waals surface area contributed by atoms with E-state index in [1.807, 2.05) is 0 Å². The van der Waals surface area contributed by atoms with Gasteiger partial charge in [0.05, 0.1) is 13.2 Å². The van der Waals surface area contributed by atoms with Gasteiger partial charge in [-0.05, 0) is 92.3 Å². The fraction of sp³-hybridized carbons (Fsp3) is 0.952. The van der Waals surface area contributed by atoms with Crippen LogP contribution in [0.5, 0.6) is 0 Å². The summed E-state index contributed by atoms with van der Waals surface area (Å²) >= 11 is 0. The molecule has 142 valence electrons. The van der Waals surface area contributed by atoms with Crippen LogP contribution in [0.25, 0.3) is 0 Å². The Morgan fingerprint density at radius 1 is 1.00 bits per heavy atom. The zero-order valence-electron chi connectivity index (χ0n) is 16.1. The summed E-state index contributed by atoms with van der Waals surface area (Å²) in [5.41, 5.74) is 0.657. The average Bonchev–Trinajstić information content (AvgIpc) is 2.92. The Hall–Kier alpha value is -0.770. The molecule has 4 aliphatic rings. The molecule has 0 aromatic carbocycles. The summed E-state index contributed by atoms with van der Waals surface area (Å²) < 4.78 is 4.87. The van der Waals surface area contributed by atoms with Crippen LogP contribution >= 0.6 is 0 Å². The van der Waals surface area contributed by atoms with Gasteiger partial charge in [0.25, 0.3) is 0 Å². The zero-order chi connectivity index (χ0) is 17.8. The molecular formula is C21H35NO3. The van der Waals surface area contributed by atoms with Gasteiger partial charge in [-0.3, -0.25) is 0 Å². The van der Waals surface area contributed by atoms with Crippen LogP contribution in [0.1, 0.15) is 71.6 Å². The molecule has 0 aliphatic heterocycles. The molecule has 0 aromatic rings. The highest BCUT2D eigenvalue weighted by atomic mass is 16.5. The lowest BCUT2D eigenvalue weighted by atomic mass is 9.45. The third-order valence-electron chi connectivity index (χ3n) is 9.12. The van der Waals surface area contributed by atoms with Crippen LogP contribution in [-0.2, 0) is 4.74 Å². The minimum absolute atomic E-state index is 0.0661. The van der Waals surface area contributed by atoms with Crippen LogP contribution < -0.4 is 5.32 Å². The van der Waals surface area contributed by atoms with Crippen LogP contribution in [0.15, 0.2) is 0 Å². The van der Waals surface area contributed by atoms with E-state index in [1.54, 1.807) is 0 Å². The lowest BCUT2D eigenvalue weighted by Crippen LogP contribution is -2.56. The van der Waals surface area contributed by atoms with E-state index in [4.69, 9.17) is 4.74 Å². The summed E-state index contributed by atoms with van der Waals surface area (Å²) in [7, 11) is 1.46. The molecule has 0 spiro atoms. The zero-order valence-corrected chi connectivity index (χ0v) is 16.1. The number of rotatable bonds is 1. The van der Waals surface area contributed by atoms with Crippen molar-refractivity contribution in [1.29, 1.82) is 0 Å². The smallest absolute Gasteiger partial charge is 0.407 e. The van der Waals surface area contributed by atoms with E-state index >= 15 is 0 Å². The summed E-state index contributed by atoms with van der Waals surface area (Å²) in [4.78, 5) is 11.8. The Labute approximate surface area is 152 Å². The van der Waals surface area contributed by atoms with Crippen molar-refractivity contribution in [1.82, 2.24) is 5.32 Å². The molecule has 0 saturated heterocycles. The lowest BCUT2D eigenvalue weighted by Gasteiger charge is -2.60. The van der Waals surface area contributed by atoms with Crippen molar-refractivity contribution in [2.75, 3.05) is 7.11 Å². The average molecular weight is 350 g/mol. The van der Waals surface area contributed by atoms with Crippen molar-refractivity contribution in [3.05, 3.63) is 0 Å². The molecule has 1 amide bonds. The van der Waals surface area contributed by atoms with Gasteiger partial charge in [-0.1, -0.05) is 13.8 Å². The van der Waals surface area contributed by atoms with Crippen molar-refractivity contribution in [2.24, 2.45) is 34.5 Å². The standard InChI is InChI=1S/C21H35NO3/c1-20-10-8-14(23)12-13(20)4-5-15-16-6-7-18(22-19(24)25-3)21(16,2)11-9-17(15)20/h13-18,23H,4-12H2,1-3H3,(H,22,24)/t13-,14-,15-,16-,17-,18+,20-,21-/m0/s1. The monoisotopic (exact) mass is 349 g/mol. The maximum absolute atomic E-state index is 11.8. The minimum atomic E-state index is -0.272.